The molecule has 0 spiro atoms. The molecule has 1 aliphatic heterocycles. The Balaban J connectivity index is 2.09. The fourth-order valence-electron chi connectivity index (χ4n) is 2.18. The van der Waals surface area contributed by atoms with Gasteiger partial charge in [0.2, 0.25) is 14.4 Å². The molecule has 0 aromatic heterocycles. The lowest BCUT2D eigenvalue weighted by Crippen LogP contribution is -2.35. The summed E-state index contributed by atoms with van der Waals surface area (Å²) in [5, 5.41) is 0. The van der Waals surface area contributed by atoms with Gasteiger partial charge in [-0.1, -0.05) is 6.42 Å². The normalized spacial score (nSPS) is 16.6. The molecule has 1 aliphatic rings. The van der Waals surface area contributed by atoms with Gasteiger partial charge in [-0.05, 0) is 68.0 Å². The highest BCUT2D eigenvalue weighted by Crippen LogP contribution is 2.25. The summed E-state index contributed by atoms with van der Waals surface area (Å²) in [5.41, 5.74) is 0. The fourth-order valence-corrected chi connectivity index (χ4v) is 4.74. The Kier molecular flexibility index (Phi) is 6.04. The Morgan fingerprint density at radius 3 is 2.43 bits per heavy atom. The van der Waals surface area contributed by atoms with Gasteiger partial charge in [-0.2, -0.15) is 4.31 Å². The van der Waals surface area contributed by atoms with Crippen molar-refractivity contribution < 1.29 is 13.2 Å². The van der Waals surface area contributed by atoms with Crippen molar-refractivity contribution in [2.75, 3.05) is 19.7 Å². The van der Waals surface area contributed by atoms with Crippen molar-refractivity contribution in [1.29, 1.82) is 0 Å². The third-order valence-electron chi connectivity index (χ3n) is 3.24. The maximum atomic E-state index is 12.5. The quantitative estimate of drug-likeness (QED) is 0.619. The van der Waals surface area contributed by atoms with Crippen LogP contribution >= 0.6 is 24.0 Å². The summed E-state index contributed by atoms with van der Waals surface area (Å²) in [7, 11) is -3.36. The van der Waals surface area contributed by atoms with Gasteiger partial charge in [0.05, 0.1) is 11.5 Å². The zero-order valence-electron chi connectivity index (χ0n) is 11.9. The average Bonchev–Trinajstić information content (AvgIpc) is 2.49. The molecule has 2 rings (SSSR count). The first-order chi connectivity index (χ1) is 10.0. The molecule has 116 valence electrons. The lowest BCUT2D eigenvalue weighted by atomic mass is 10.2. The summed E-state index contributed by atoms with van der Waals surface area (Å²) in [5.74, 6) is 0. The van der Waals surface area contributed by atoms with Crippen LogP contribution in [0.15, 0.2) is 34.1 Å². The summed E-state index contributed by atoms with van der Waals surface area (Å²) in [6.45, 7) is 3.65. The van der Waals surface area contributed by atoms with E-state index < -0.39 is 10.0 Å². The molecule has 1 fully saturated rings. The molecule has 0 aliphatic carbocycles. The highest BCUT2D eigenvalue weighted by molar-refractivity contribution is 8.22. The molecule has 0 bridgehead atoms. The van der Waals surface area contributed by atoms with Crippen LogP contribution in [0.3, 0.4) is 0 Å². The van der Waals surface area contributed by atoms with Gasteiger partial charge < -0.3 is 4.74 Å². The lowest BCUT2D eigenvalue weighted by molar-refractivity contribution is 0.346. The first-order valence-electron chi connectivity index (χ1n) is 6.99. The number of sulfonamides is 1. The Morgan fingerprint density at radius 2 is 1.86 bits per heavy atom. The van der Waals surface area contributed by atoms with E-state index in [0.717, 1.165) is 24.2 Å². The summed E-state index contributed by atoms with van der Waals surface area (Å²) >= 11 is 6.38. The third-order valence-corrected chi connectivity index (χ3v) is 6.31. The summed E-state index contributed by atoms with van der Waals surface area (Å²) in [4.78, 5) is 1.22. The Hall–Kier alpha value is -0.630. The van der Waals surface area contributed by atoms with E-state index in [1.165, 1.54) is 11.8 Å². The van der Waals surface area contributed by atoms with Crippen LogP contribution in [-0.2, 0) is 14.8 Å². The number of thiocarbonyl (C=S) groups is 1. The van der Waals surface area contributed by atoms with Crippen molar-refractivity contribution in [3.63, 3.8) is 0 Å². The van der Waals surface area contributed by atoms with Crippen LogP contribution in [0.25, 0.3) is 0 Å². The number of thioether (sulfide) groups is 1. The molecule has 0 unspecified atom stereocenters. The van der Waals surface area contributed by atoms with E-state index in [4.69, 9.17) is 17.0 Å². The van der Waals surface area contributed by atoms with Crippen molar-refractivity contribution >= 4 is 38.4 Å². The minimum Gasteiger partial charge on any atom is -0.479 e. The molecule has 7 heteroatoms. The van der Waals surface area contributed by atoms with E-state index >= 15 is 0 Å². The van der Waals surface area contributed by atoms with Gasteiger partial charge >= 0.3 is 0 Å². The first-order valence-corrected chi connectivity index (χ1v) is 9.65. The summed E-state index contributed by atoms with van der Waals surface area (Å²) in [6, 6.07) is 6.82. The van der Waals surface area contributed by atoms with Crippen LogP contribution in [0.1, 0.15) is 26.2 Å². The second kappa shape index (κ2) is 7.58. The van der Waals surface area contributed by atoms with Crippen molar-refractivity contribution in [2.45, 2.75) is 36.0 Å². The second-order valence-electron chi connectivity index (χ2n) is 4.72. The SMILES string of the molecule is CCOC(=S)Sc1ccc(S(=O)(=O)N2CCCCC2)cc1. The van der Waals surface area contributed by atoms with Gasteiger partial charge in [0.15, 0.2) is 0 Å². The number of ether oxygens (including phenoxy) is 1. The highest BCUT2D eigenvalue weighted by atomic mass is 32.2. The molecule has 21 heavy (non-hydrogen) atoms. The maximum Gasteiger partial charge on any atom is 0.243 e. The van der Waals surface area contributed by atoms with Gasteiger partial charge in [-0.15, -0.1) is 0 Å². The smallest absolute Gasteiger partial charge is 0.243 e. The van der Waals surface area contributed by atoms with Crippen LogP contribution in [0.5, 0.6) is 0 Å². The van der Waals surface area contributed by atoms with Gasteiger partial charge in [0.1, 0.15) is 0 Å². The van der Waals surface area contributed by atoms with Gasteiger partial charge in [-0.3, -0.25) is 0 Å². The molecule has 0 saturated carbocycles. The number of hydrogen-bond acceptors (Lipinski definition) is 5. The van der Waals surface area contributed by atoms with Crippen LogP contribution in [0.4, 0.5) is 0 Å². The van der Waals surface area contributed by atoms with Crippen molar-refractivity contribution in [3.8, 4) is 0 Å². The van der Waals surface area contributed by atoms with Crippen molar-refractivity contribution in [3.05, 3.63) is 24.3 Å². The number of piperidine rings is 1. The Labute approximate surface area is 135 Å². The third kappa shape index (κ3) is 4.42. The van der Waals surface area contributed by atoms with E-state index in [1.54, 1.807) is 28.6 Å². The number of nitrogens with zero attached hydrogens (tertiary/aromatic N) is 1. The summed E-state index contributed by atoms with van der Waals surface area (Å²) < 4.78 is 32.2. The van der Waals surface area contributed by atoms with E-state index in [1.807, 2.05) is 6.92 Å². The molecule has 0 N–H and O–H groups in total. The van der Waals surface area contributed by atoms with E-state index in [-0.39, 0.29) is 0 Å². The second-order valence-corrected chi connectivity index (χ2v) is 8.33. The largest absolute Gasteiger partial charge is 0.479 e. The average molecular weight is 346 g/mol. The number of hydrogen-bond donors (Lipinski definition) is 0. The monoisotopic (exact) mass is 345 g/mol. The fraction of sp³-hybridized carbons (Fsp3) is 0.500. The molecule has 1 aromatic rings. The van der Waals surface area contributed by atoms with Crippen molar-refractivity contribution in [2.24, 2.45) is 0 Å². The summed E-state index contributed by atoms with van der Waals surface area (Å²) in [6.07, 6.45) is 2.99. The molecular weight excluding hydrogens is 326 g/mol. The molecule has 1 saturated heterocycles. The molecular formula is C14H19NO3S3. The minimum atomic E-state index is -3.36. The zero-order chi connectivity index (χ0) is 15.3. The van der Waals surface area contributed by atoms with Gasteiger partial charge in [0.25, 0.3) is 0 Å². The lowest BCUT2D eigenvalue weighted by Gasteiger charge is -2.25. The highest BCUT2D eigenvalue weighted by Gasteiger charge is 2.25. The van der Waals surface area contributed by atoms with Crippen LogP contribution in [-0.4, -0.2) is 36.8 Å². The topological polar surface area (TPSA) is 46.6 Å². The van der Waals surface area contributed by atoms with E-state index in [0.29, 0.717) is 29.0 Å². The molecule has 1 aromatic carbocycles. The van der Waals surface area contributed by atoms with Crippen LogP contribution in [0, 0.1) is 0 Å². The predicted octanol–water partition coefficient (Wildman–Crippen LogP) is 3.27. The molecule has 4 nitrogen and oxygen atoms in total. The Morgan fingerprint density at radius 1 is 1.24 bits per heavy atom. The van der Waals surface area contributed by atoms with E-state index in [9.17, 15) is 8.42 Å². The maximum absolute atomic E-state index is 12.5. The Bertz CT molecular complexity index is 578. The predicted molar refractivity (Wildman–Crippen MR) is 89.1 cm³/mol. The van der Waals surface area contributed by atoms with Crippen LogP contribution in [0.2, 0.25) is 0 Å². The zero-order valence-corrected chi connectivity index (χ0v) is 14.4. The minimum absolute atomic E-state index is 0.344. The standard InChI is InChI=1S/C14H19NO3S3/c1-2-18-14(19)20-12-6-8-13(9-7-12)21(16,17)15-10-4-3-5-11-15/h6-9H,2-5,10-11H2,1H3. The van der Waals surface area contributed by atoms with Crippen LogP contribution < -0.4 is 0 Å². The van der Waals surface area contributed by atoms with Gasteiger partial charge in [0, 0.05) is 18.0 Å². The molecule has 1 heterocycles. The number of rotatable bonds is 4. The first kappa shape index (κ1) is 16.7. The molecule has 0 amide bonds. The van der Waals surface area contributed by atoms with Gasteiger partial charge in [-0.25, -0.2) is 8.42 Å². The number of benzene rings is 1. The van der Waals surface area contributed by atoms with E-state index in [2.05, 4.69) is 0 Å². The molecule has 0 radical (unpaired) electrons. The molecule has 0 atom stereocenters. The van der Waals surface area contributed by atoms with Crippen molar-refractivity contribution in [1.82, 2.24) is 4.31 Å².